The number of hydrogen-bond acceptors (Lipinski definition) is 4. The third-order valence-electron chi connectivity index (χ3n) is 3.86. The normalized spacial score (nSPS) is 12.0. The van der Waals surface area contributed by atoms with Crippen molar-refractivity contribution in [1.82, 2.24) is 10.1 Å². The first-order valence-corrected chi connectivity index (χ1v) is 8.55. The summed E-state index contributed by atoms with van der Waals surface area (Å²) in [7, 11) is 0. The largest absolute Gasteiger partial charge is 0.370 e. The van der Waals surface area contributed by atoms with Gasteiger partial charge in [-0.15, -0.1) is 0 Å². The summed E-state index contributed by atoms with van der Waals surface area (Å²) in [4.78, 5) is 8.71. The predicted octanol–water partition coefficient (Wildman–Crippen LogP) is 3.29. The van der Waals surface area contributed by atoms with Gasteiger partial charge < -0.3 is 15.6 Å². The summed E-state index contributed by atoms with van der Waals surface area (Å²) in [6.45, 7) is 8.84. The molecule has 130 valence electrons. The number of rotatable bonds is 7. The maximum absolute atomic E-state index is 6.04. The van der Waals surface area contributed by atoms with Crippen LogP contribution >= 0.6 is 0 Å². The Kier molecular flexibility index (Phi) is 6.35. The van der Waals surface area contributed by atoms with Crippen molar-refractivity contribution in [3.63, 3.8) is 0 Å². The Balaban J connectivity index is 1.99. The molecule has 6 nitrogen and oxygen atoms in total. The van der Waals surface area contributed by atoms with Gasteiger partial charge in [0.25, 0.3) is 0 Å². The first-order chi connectivity index (χ1) is 11.5. The molecule has 0 saturated carbocycles. The molecule has 0 radical (unpaired) electrons. The Morgan fingerprint density at radius 2 is 1.92 bits per heavy atom. The lowest BCUT2D eigenvalue weighted by Crippen LogP contribution is -2.24. The first kappa shape index (κ1) is 18.0. The first-order valence-electron chi connectivity index (χ1n) is 8.55. The topological polar surface area (TPSA) is 89.3 Å². The van der Waals surface area contributed by atoms with E-state index in [0.29, 0.717) is 24.8 Å². The number of nitrogens with one attached hydrogen (secondary N) is 1. The lowest BCUT2D eigenvalue weighted by molar-refractivity contribution is 0.372. The number of anilines is 1. The Morgan fingerprint density at radius 3 is 2.46 bits per heavy atom. The van der Waals surface area contributed by atoms with Gasteiger partial charge in [0.2, 0.25) is 5.89 Å². The Bertz CT molecular complexity index is 668. The lowest BCUT2D eigenvalue weighted by Gasteiger charge is -2.14. The molecular weight excluding hydrogens is 302 g/mol. The van der Waals surface area contributed by atoms with E-state index in [9.17, 15) is 0 Å². The summed E-state index contributed by atoms with van der Waals surface area (Å²) in [5.41, 5.74) is 9.60. The molecule has 2 rings (SSSR count). The standard InChI is InChI=1S/C18H27N5O/c1-5-13-8-7-9-14(6-2)16(13)22-18(19)20-11-10-15-21-17(12(3)4)23-24-15/h7-9,12H,5-6,10-11H2,1-4H3,(H3,19,20,22). The SMILES string of the molecule is CCc1cccc(CC)c1NC(N)=NCCc1nc(C(C)C)no1. The fraction of sp³-hybridized carbons (Fsp3) is 0.500. The lowest BCUT2D eigenvalue weighted by atomic mass is 10.0. The van der Waals surface area contributed by atoms with E-state index in [4.69, 9.17) is 10.3 Å². The molecule has 2 aromatic rings. The molecule has 1 aromatic heterocycles. The second-order valence-corrected chi connectivity index (χ2v) is 6.00. The van der Waals surface area contributed by atoms with Crippen LogP contribution in [0.2, 0.25) is 0 Å². The summed E-state index contributed by atoms with van der Waals surface area (Å²) < 4.78 is 5.21. The van der Waals surface area contributed by atoms with Crippen molar-refractivity contribution in [1.29, 1.82) is 0 Å². The Labute approximate surface area is 143 Å². The average molecular weight is 329 g/mol. The second-order valence-electron chi connectivity index (χ2n) is 6.00. The van der Waals surface area contributed by atoms with Crippen molar-refractivity contribution in [2.45, 2.75) is 52.9 Å². The smallest absolute Gasteiger partial charge is 0.228 e. The van der Waals surface area contributed by atoms with Gasteiger partial charge in [-0.05, 0) is 24.0 Å². The van der Waals surface area contributed by atoms with E-state index in [1.807, 2.05) is 13.8 Å². The zero-order valence-electron chi connectivity index (χ0n) is 15.0. The highest BCUT2D eigenvalue weighted by Gasteiger charge is 2.10. The fourth-order valence-corrected chi connectivity index (χ4v) is 2.45. The van der Waals surface area contributed by atoms with E-state index < -0.39 is 0 Å². The molecule has 0 atom stereocenters. The molecule has 0 unspecified atom stereocenters. The highest BCUT2D eigenvalue weighted by atomic mass is 16.5. The van der Waals surface area contributed by atoms with Gasteiger partial charge >= 0.3 is 0 Å². The number of para-hydroxylation sites is 1. The maximum atomic E-state index is 6.04. The Morgan fingerprint density at radius 1 is 1.25 bits per heavy atom. The molecule has 0 aliphatic heterocycles. The van der Waals surface area contributed by atoms with Gasteiger partial charge in [-0.25, -0.2) is 0 Å². The van der Waals surface area contributed by atoms with Crippen molar-refractivity contribution in [2.24, 2.45) is 10.7 Å². The molecule has 1 heterocycles. The summed E-state index contributed by atoms with van der Waals surface area (Å²) >= 11 is 0. The maximum Gasteiger partial charge on any atom is 0.228 e. The monoisotopic (exact) mass is 329 g/mol. The molecule has 1 aromatic carbocycles. The summed E-state index contributed by atoms with van der Waals surface area (Å²) in [6, 6.07) is 6.30. The minimum Gasteiger partial charge on any atom is -0.370 e. The Hall–Kier alpha value is -2.37. The molecule has 0 spiro atoms. The van der Waals surface area contributed by atoms with E-state index in [1.54, 1.807) is 0 Å². The van der Waals surface area contributed by atoms with E-state index >= 15 is 0 Å². The molecule has 0 amide bonds. The number of hydrogen-bond donors (Lipinski definition) is 2. The molecule has 6 heteroatoms. The van der Waals surface area contributed by atoms with Gasteiger partial charge in [0.05, 0.1) is 6.54 Å². The number of nitrogens with zero attached hydrogens (tertiary/aromatic N) is 3. The van der Waals surface area contributed by atoms with Crippen LogP contribution < -0.4 is 11.1 Å². The van der Waals surface area contributed by atoms with Crippen LogP contribution in [0.15, 0.2) is 27.7 Å². The molecule has 0 saturated heterocycles. The van der Waals surface area contributed by atoms with E-state index in [1.165, 1.54) is 11.1 Å². The highest BCUT2D eigenvalue weighted by Crippen LogP contribution is 2.22. The van der Waals surface area contributed by atoms with Crippen LogP contribution in [0.1, 0.15) is 56.5 Å². The molecule has 24 heavy (non-hydrogen) atoms. The molecule has 0 aliphatic rings. The highest BCUT2D eigenvalue weighted by molar-refractivity contribution is 5.93. The number of aryl methyl sites for hydroxylation is 2. The minimum absolute atomic E-state index is 0.260. The zero-order valence-corrected chi connectivity index (χ0v) is 15.0. The number of guanidine groups is 1. The third kappa shape index (κ3) is 4.57. The van der Waals surface area contributed by atoms with Crippen LogP contribution in [0.5, 0.6) is 0 Å². The summed E-state index contributed by atoms with van der Waals surface area (Å²) in [5, 5.41) is 7.20. The van der Waals surface area contributed by atoms with E-state index in [0.717, 1.165) is 24.4 Å². The van der Waals surface area contributed by atoms with Crippen LogP contribution in [-0.4, -0.2) is 22.6 Å². The minimum atomic E-state index is 0.260. The fourth-order valence-electron chi connectivity index (χ4n) is 2.45. The molecule has 0 bridgehead atoms. The van der Waals surface area contributed by atoms with Crippen LogP contribution in [0.25, 0.3) is 0 Å². The van der Waals surface area contributed by atoms with Crippen molar-refractivity contribution >= 4 is 11.6 Å². The number of benzene rings is 1. The second kappa shape index (κ2) is 8.47. The molecule has 0 fully saturated rings. The van der Waals surface area contributed by atoms with Gasteiger partial charge in [0.15, 0.2) is 11.8 Å². The molecular formula is C18H27N5O. The van der Waals surface area contributed by atoms with Gasteiger partial charge in [0.1, 0.15) is 0 Å². The van der Waals surface area contributed by atoms with Crippen molar-refractivity contribution < 1.29 is 4.52 Å². The van der Waals surface area contributed by atoms with Crippen LogP contribution in [0.3, 0.4) is 0 Å². The third-order valence-corrected chi connectivity index (χ3v) is 3.86. The summed E-state index contributed by atoms with van der Waals surface area (Å²) in [6.07, 6.45) is 2.48. The zero-order chi connectivity index (χ0) is 17.5. The van der Waals surface area contributed by atoms with Crippen LogP contribution in [0, 0.1) is 0 Å². The van der Waals surface area contributed by atoms with Crippen LogP contribution in [-0.2, 0) is 19.3 Å². The molecule has 3 N–H and O–H groups in total. The van der Waals surface area contributed by atoms with Crippen molar-refractivity contribution in [3.8, 4) is 0 Å². The number of nitrogens with two attached hydrogens (primary N) is 1. The average Bonchev–Trinajstić information content (AvgIpc) is 3.04. The van der Waals surface area contributed by atoms with Gasteiger partial charge in [-0.3, -0.25) is 4.99 Å². The number of aromatic nitrogens is 2. The quantitative estimate of drug-likeness (QED) is 0.601. The van der Waals surface area contributed by atoms with E-state index in [2.05, 4.69) is 52.5 Å². The van der Waals surface area contributed by atoms with Gasteiger partial charge in [-0.2, -0.15) is 4.98 Å². The van der Waals surface area contributed by atoms with Crippen molar-refractivity contribution in [3.05, 3.63) is 41.0 Å². The predicted molar refractivity (Wildman–Crippen MR) is 97.4 cm³/mol. The van der Waals surface area contributed by atoms with Crippen molar-refractivity contribution in [2.75, 3.05) is 11.9 Å². The van der Waals surface area contributed by atoms with Gasteiger partial charge in [-0.1, -0.05) is 51.1 Å². The summed E-state index contributed by atoms with van der Waals surface area (Å²) in [5.74, 6) is 1.99. The molecule has 0 aliphatic carbocycles. The number of aliphatic imine (C=N–C) groups is 1. The van der Waals surface area contributed by atoms with Crippen LogP contribution in [0.4, 0.5) is 5.69 Å². The van der Waals surface area contributed by atoms with Gasteiger partial charge in [0, 0.05) is 18.0 Å². The van der Waals surface area contributed by atoms with E-state index in [-0.39, 0.29) is 5.92 Å².